The average molecular weight is 251 g/mol. The third kappa shape index (κ3) is 3.39. The van der Waals surface area contributed by atoms with Gasteiger partial charge in [0.15, 0.2) is 5.78 Å². The van der Waals surface area contributed by atoms with E-state index >= 15 is 0 Å². The predicted molar refractivity (Wildman–Crippen MR) is 72.8 cm³/mol. The van der Waals surface area contributed by atoms with Crippen molar-refractivity contribution in [2.24, 2.45) is 0 Å². The molecule has 0 bridgehead atoms. The van der Waals surface area contributed by atoms with Gasteiger partial charge in [0.2, 0.25) is 0 Å². The van der Waals surface area contributed by atoms with E-state index in [-0.39, 0.29) is 0 Å². The molecule has 1 aromatic heterocycles. The molecule has 1 fully saturated rings. The van der Waals surface area contributed by atoms with Crippen molar-refractivity contribution in [3.8, 4) is 0 Å². The maximum atomic E-state index is 12.1. The molecule has 0 aliphatic carbocycles. The summed E-state index contributed by atoms with van der Waals surface area (Å²) in [6.07, 6.45) is 5.77. The lowest BCUT2D eigenvalue weighted by Crippen LogP contribution is -2.36. The molecule has 1 saturated heterocycles. The first-order chi connectivity index (χ1) is 8.31. The van der Waals surface area contributed by atoms with Crippen LogP contribution in [-0.4, -0.2) is 29.8 Å². The molecule has 1 aliphatic rings. The summed E-state index contributed by atoms with van der Waals surface area (Å²) in [6, 6.07) is 4.37. The molecule has 1 atom stereocenters. The van der Waals surface area contributed by atoms with Gasteiger partial charge in [0.25, 0.3) is 0 Å². The molecule has 0 spiro atoms. The summed E-state index contributed by atoms with van der Waals surface area (Å²) < 4.78 is 0. The van der Waals surface area contributed by atoms with Crippen LogP contribution in [-0.2, 0) is 0 Å². The van der Waals surface area contributed by atoms with Gasteiger partial charge in [-0.15, -0.1) is 11.3 Å². The van der Waals surface area contributed by atoms with Crippen molar-refractivity contribution in [3.05, 3.63) is 22.4 Å². The van der Waals surface area contributed by atoms with Crippen molar-refractivity contribution in [1.82, 2.24) is 4.90 Å². The summed E-state index contributed by atoms with van der Waals surface area (Å²) >= 11 is 1.57. The largest absolute Gasteiger partial charge is 0.300 e. The third-order valence-electron chi connectivity index (χ3n) is 3.62. The van der Waals surface area contributed by atoms with E-state index in [0.29, 0.717) is 18.2 Å². The van der Waals surface area contributed by atoms with Crippen molar-refractivity contribution in [2.75, 3.05) is 13.1 Å². The number of ketones is 1. The minimum absolute atomic E-state index is 0.324. The Morgan fingerprint density at radius 1 is 1.47 bits per heavy atom. The number of nitrogens with zero attached hydrogens (tertiary/aromatic N) is 1. The molecule has 0 amide bonds. The van der Waals surface area contributed by atoms with Crippen LogP contribution in [0.3, 0.4) is 0 Å². The second kappa shape index (κ2) is 6.31. The van der Waals surface area contributed by atoms with Crippen LogP contribution in [0.2, 0.25) is 0 Å². The van der Waals surface area contributed by atoms with Gasteiger partial charge >= 0.3 is 0 Å². The van der Waals surface area contributed by atoms with Crippen LogP contribution in [0.5, 0.6) is 0 Å². The molecule has 2 heterocycles. The van der Waals surface area contributed by atoms with Crippen molar-refractivity contribution in [3.63, 3.8) is 0 Å². The van der Waals surface area contributed by atoms with Gasteiger partial charge in [0, 0.05) is 12.5 Å². The van der Waals surface area contributed by atoms with E-state index in [0.717, 1.165) is 11.4 Å². The molecule has 2 rings (SSSR count). The molecule has 2 nitrogen and oxygen atoms in total. The second-order valence-electron chi connectivity index (χ2n) is 4.74. The van der Waals surface area contributed by atoms with Crippen LogP contribution in [0.25, 0.3) is 0 Å². The van der Waals surface area contributed by atoms with Crippen LogP contribution >= 0.6 is 11.3 Å². The van der Waals surface area contributed by atoms with Crippen molar-refractivity contribution >= 4 is 17.1 Å². The number of hydrogen-bond acceptors (Lipinski definition) is 3. The average Bonchev–Trinajstić information content (AvgIpc) is 2.78. The third-order valence-corrected chi connectivity index (χ3v) is 4.53. The molecule has 3 heteroatoms. The van der Waals surface area contributed by atoms with Gasteiger partial charge in [0.05, 0.1) is 4.88 Å². The van der Waals surface area contributed by atoms with E-state index in [4.69, 9.17) is 0 Å². The number of carbonyl (C=O) groups excluding carboxylic acids is 1. The van der Waals surface area contributed by atoms with E-state index < -0.39 is 0 Å². The number of thiophene rings is 1. The molecule has 94 valence electrons. The molecular formula is C14H21NOS. The van der Waals surface area contributed by atoms with Crippen LogP contribution in [0, 0.1) is 0 Å². The fraction of sp³-hybridized carbons (Fsp3) is 0.643. The first-order valence-corrected chi connectivity index (χ1v) is 7.50. The number of rotatable bonds is 4. The number of Topliss-reactive ketones (excluding diaryl/α,β-unsaturated/α-hetero) is 1. The van der Waals surface area contributed by atoms with Gasteiger partial charge in [-0.2, -0.15) is 0 Å². The Hall–Kier alpha value is -0.670. The summed E-state index contributed by atoms with van der Waals surface area (Å²) in [5.41, 5.74) is 0. The highest BCUT2D eigenvalue weighted by atomic mass is 32.1. The van der Waals surface area contributed by atoms with E-state index in [2.05, 4.69) is 11.8 Å². The van der Waals surface area contributed by atoms with Gasteiger partial charge < -0.3 is 4.90 Å². The predicted octanol–water partition coefficient (Wildman–Crippen LogP) is 3.59. The first kappa shape index (κ1) is 12.8. The second-order valence-corrected chi connectivity index (χ2v) is 5.68. The number of carbonyl (C=O) groups is 1. The van der Waals surface area contributed by atoms with Gasteiger partial charge in [-0.25, -0.2) is 0 Å². The van der Waals surface area contributed by atoms with Gasteiger partial charge in [-0.1, -0.05) is 25.8 Å². The van der Waals surface area contributed by atoms with Crippen LogP contribution < -0.4 is 0 Å². The Kier molecular flexibility index (Phi) is 4.75. The standard InChI is InChI=1S/C14H21NOS/c1-2-15-9-5-3-4-7-12(15)11-13(16)14-8-6-10-17-14/h6,8,10,12H,2-5,7,9,11H2,1H3/t12-/m1/s1. The molecular weight excluding hydrogens is 230 g/mol. The highest BCUT2D eigenvalue weighted by molar-refractivity contribution is 7.12. The lowest BCUT2D eigenvalue weighted by Gasteiger charge is -2.27. The highest BCUT2D eigenvalue weighted by Crippen LogP contribution is 2.22. The molecule has 1 aromatic rings. The normalized spacial score (nSPS) is 22.3. The van der Waals surface area contributed by atoms with Crippen molar-refractivity contribution in [2.45, 2.75) is 45.1 Å². The quantitative estimate of drug-likeness (QED) is 0.762. The molecule has 1 aliphatic heterocycles. The molecule has 17 heavy (non-hydrogen) atoms. The number of likely N-dealkylation sites (tertiary alicyclic amines) is 1. The molecule has 0 radical (unpaired) electrons. The smallest absolute Gasteiger partial charge is 0.174 e. The van der Waals surface area contributed by atoms with Crippen LogP contribution in [0.4, 0.5) is 0 Å². The number of hydrogen-bond donors (Lipinski definition) is 0. The van der Waals surface area contributed by atoms with E-state index in [9.17, 15) is 4.79 Å². The highest BCUT2D eigenvalue weighted by Gasteiger charge is 2.22. The van der Waals surface area contributed by atoms with E-state index in [1.54, 1.807) is 11.3 Å². The Balaban J connectivity index is 1.97. The fourth-order valence-electron chi connectivity index (χ4n) is 2.64. The fourth-order valence-corrected chi connectivity index (χ4v) is 3.31. The van der Waals surface area contributed by atoms with E-state index in [1.165, 1.54) is 32.2 Å². The molecule has 0 saturated carbocycles. The van der Waals surface area contributed by atoms with Crippen molar-refractivity contribution in [1.29, 1.82) is 0 Å². The Morgan fingerprint density at radius 2 is 2.35 bits per heavy atom. The van der Waals surface area contributed by atoms with Crippen LogP contribution in [0.15, 0.2) is 17.5 Å². The van der Waals surface area contributed by atoms with Gasteiger partial charge in [0.1, 0.15) is 0 Å². The van der Waals surface area contributed by atoms with E-state index in [1.807, 2.05) is 17.5 Å². The van der Waals surface area contributed by atoms with Gasteiger partial charge in [-0.05, 0) is 37.4 Å². The maximum Gasteiger partial charge on any atom is 0.174 e. The Morgan fingerprint density at radius 3 is 3.06 bits per heavy atom. The lowest BCUT2D eigenvalue weighted by atomic mass is 10.0. The first-order valence-electron chi connectivity index (χ1n) is 6.62. The SMILES string of the molecule is CCN1CCCCC[C@@H]1CC(=O)c1cccs1. The Labute approximate surface area is 108 Å². The zero-order valence-corrected chi connectivity index (χ0v) is 11.3. The lowest BCUT2D eigenvalue weighted by molar-refractivity contribution is 0.0926. The summed E-state index contributed by atoms with van der Waals surface area (Å²) in [5.74, 6) is 0.324. The topological polar surface area (TPSA) is 20.3 Å². The Bertz CT molecular complexity index is 347. The summed E-state index contributed by atoms with van der Waals surface area (Å²) in [7, 11) is 0. The molecule has 0 unspecified atom stereocenters. The van der Waals surface area contributed by atoms with Crippen molar-refractivity contribution < 1.29 is 4.79 Å². The minimum atomic E-state index is 0.324. The zero-order valence-electron chi connectivity index (χ0n) is 10.5. The van der Waals surface area contributed by atoms with Crippen LogP contribution in [0.1, 0.15) is 48.7 Å². The molecule has 0 N–H and O–H groups in total. The monoisotopic (exact) mass is 251 g/mol. The maximum absolute atomic E-state index is 12.1. The molecule has 0 aromatic carbocycles. The van der Waals surface area contributed by atoms with Gasteiger partial charge in [-0.3, -0.25) is 4.79 Å². The zero-order chi connectivity index (χ0) is 12.1. The summed E-state index contributed by atoms with van der Waals surface area (Å²) in [4.78, 5) is 15.5. The minimum Gasteiger partial charge on any atom is -0.300 e. The summed E-state index contributed by atoms with van der Waals surface area (Å²) in [5, 5.41) is 1.98. The summed E-state index contributed by atoms with van der Waals surface area (Å²) in [6.45, 7) is 4.44.